The van der Waals surface area contributed by atoms with Gasteiger partial charge < -0.3 is 15.0 Å². The zero-order valence-corrected chi connectivity index (χ0v) is 16.2. The third-order valence-corrected chi connectivity index (χ3v) is 5.50. The Balaban J connectivity index is 1.50. The molecular formula is C21H21N3O2S. The molecule has 1 aliphatic heterocycles. The smallest absolute Gasteiger partial charge is 0.273 e. The topological polar surface area (TPSA) is 54.5 Å². The number of thiazole rings is 1. The highest BCUT2D eigenvalue weighted by molar-refractivity contribution is 7.14. The van der Waals surface area contributed by atoms with Gasteiger partial charge in [-0.25, -0.2) is 4.98 Å². The van der Waals surface area contributed by atoms with E-state index in [1.807, 2.05) is 47.5 Å². The summed E-state index contributed by atoms with van der Waals surface area (Å²) in [6, 6.07) is 14.2. The van der Waals surface area contributed by atoms with Crippen LogP contribution in [0.2, 0.25) is 0 Å². The number of hydrogen-bond donors (Lipinski definition) is 1. The van der Waals surface area contributed by atoms with Gasteiger partial charge in [0.15, 0.2) is 5.13 Å². The van der Waals surface area contributed by atoms with Gasteiger partial charge in [-0.2, -0.15) is 0 Å². The van der Waals surface area contributed by atoms with Crippen molar-refractivity contribution in [2.45, 2.75) is 19.9 Å². The van der Waals surface area contributed by atoms with E-state index in [4.69, 9.17) is 4.74 Å². The number of nitrogens with zero attached hydrogens (tertiary/aromatic N) is 2. The molecule has 27 heavy (non-hydrogen) atoms. The van der Waals surface area contributed by atoms with E-state index in [1.54, 1.807) is 7.11 Å². The van der Waals surface area contributed by atoms with Gasteiger partial charge in [-0.3, -0.25) is 4.79 Å². The van der Waals surface area contributed by atoms with Crippen molar-refractivity contribution in [3.63, 3.8) is 0 Å². The van der Waals surface area contributed by atoms with Crippen molar-refractivity contribution < 1.29 is 9.53 Å². The molecule has 0 saturated carbocycles. The first kappa shape index (κ1) is 17.5. The van der Waals surface area contributed by atoms with Gasteiger partial charge in [0.05, 0.1) is 12.8 Å². The van der Waals surface area contributed by atoms with Crippen LogP contribution in [0.25, 0.3) is 0 Å². The molecule has 1 amide bonds. The summed E-state index contributed by atoms with van der Waals surface area (Å²) in [7, 11) is 1.64. The van der Waals surface area contributed by atoms with Crippen molar-refractivity contribution in [3.8, 4) is 5.75 Å². The minimum Gasteiger partial charge on any atom is -0.495 e. The Labute approximate surface area is 162 Å². The standard InChI is InChI=1S/C21H21N3O2S/c1-14-7-8-19(26-2)17(11-14)22-21-23-18(13-27-21)20(25)24-10-9-15-5-3-4-6-16(15)12-24/h3-8,11,13H,9-10,12H2,1-2H3,(H,22,23). The third kappa shape index (κ3) is 3.66. The van der Waals surface area contributed by atoms with Crippen LogP contribution in [0, 0.1) is 6.92 Å². The van der Waals surface area contributed by atoms with Gasteiger partial charge in [-0.15, -0.1) is 11.3 Å². The lowest BCUT2D eigenvalue weighted by Gasteiger charge is -2.28. The Bertz CT molecular complexity index is 983. The maximum Gasteiger partial charge on any atom is 0.273 e. The molecule has 1 N–H and O–H groups in total. The van der Waals surface area contributed by atoms with Gasteiger partial charge >= 0.3 is 0 Å². The molecule has 1 aliphatic rings. The second-order valence-electron chi connectivity index (χ2n) is 6.61. The summed E-state index contributed by atoms with van der Waals surface area (Å²) in [6.45, 7) is 3.39. The molecule has 2 aromatic carbocycles. The van der Waals surface area contributed by atoms with E-state index in [9.17, 15) is 4.79 Å². The summed E-state index contributed by atoms with van der Waals surface area (Å²) in [4.78, 5) is 19.2. The molecule has 0 fully saturated rings. The molecule has 138 valence electrons. The molecule has 2 heterocycles. The van der Waals surface area contributed by atoms with E-state index in [2.05, 4.69) is 22.4 Å². The number of methoxy groups -OCH3 is 1. The van der Waals surface area contributed by atoms with Gasteiger partial charge in [0.25, 0.3) is 5.91 Å². The van der Waals surface area contributed by atoms with Crippen LogP contribution < -0.4 is 10.1 Å². The van der Waals surface area contributed by atoms with E-state index >= 15 is 0 Å². The second kappa shape index (κ2) is 7.40. The lowest BCUT2D eigenvalue weighted by atomic mass is 10.00. The first-order valence-electron chi connectivity index (χ1n) is 8.87. The second-order valence-corrected chi connectivity index (χ2v) is 7.47. The number of amides is 1. The van der Waals surface area contributed by atoms with Crippen molar-refractivity contribution >= 4 is 28.1 Å². The van der Waals surface area contributed by atoms with Crippen LogP contribution in [0.4, 0.5) is 10.8 Å². The number of fused-ring (bicyclic) bond motifs is 1. The molecule has 5 nitrogen and oxygen atoms in total. The van der Waals surface area contributed by atoms with Crippen molar-refractivity contribution in [1.29, 1.82) is 0 Å². The molecule has 0 atom stereocenters. The first-order chi connectivity index (χ1) is 13.1. The average molecular weight is 379 g/mol. The monoisotopic (exact) mass is 379 g/mol. The molecule has 0 spiro atoms. The number of carbonyl (C=O) groups is 1. The van der Waals surface area contributed by atoms with Crippen LogP contribution in [-0.2, 0) is 13.0 Å². The summed E-state index contributed by atoms with van der Waals surface area (Å²) < 4.78 is 5.39. The van der Waals surface area contributed by atoms with Gasteiger partial charge in [-0.1, -0.05) is 30.3 Å². The van der Waals surface area contributed by atoms with Crippen molar-refractivity contribution in [2.24, 2.45) is 0 Å². The highest BCUT2D eigenvalue weighted by Crippen LogP contribution is 2.30. The van der Waals surface area contributed by atoms with E-state index in [0.717, 1.165) is 30.0 Å². The fourth-order valence-electron chi connectivity index (χ4n) is 3.30. The molecule has 3 aromatic rings. The van der Waals surface area contributed by atoms with E-state index in [0.29, 0.717) is 17.4 Å². The van der Waals surface area contributed by atoms with Crippen molar-refractivity contribution in [1.82, 2.24) is 9.88 Å². The normalized spacial score (nSPS) is 13.2. The fourth-order valence-corrected chi connectivity index (χ4v) is 3.99. The number of benzene rings is 2. The Hall–Kier alpha value is -2.86. The molecule has 0 radical (unpaired) electrons. The highest BCUT2D eigenvalue weighted by atomic mass is 32.1. The fraction of sp³-hybridized carbons (Fsp3) is 0.238. The van der Waals surface area contributed by atoms with Crippen LogP contribution in [0.1, 0.15) is 27.2 Å². The number of anilines is 2. The molecule has 1 aromatic heterocycles. The largest absolute Gasteiger partial charge is 0.495 e. The maximum absolute atomic E-state index is 12.9. The maximum atomic E-state index is 12.9. The van der Waals surface area contributed by atoms with Crippen molar-refractivity contribution in [2.75, 3.05) is 19.0 Å². The number of aromatic nitrogens is 1. The first-order valence-corrected chi connectivity index (χ1v) is 9.75. The summed E-state index contributed by atoms with van der Waals surface area (Å²) in [6.07, 6.45) is 0.887. The number of hydrogen-bond acceptors (Lipinski definition) is 5. The summed E-state index contributed by atoms with van der Waals surface area (Å²) in [5.41, 5.74) is 4.99. The third-order valence-electron chi connectivity index (χ3n) is 4.74. The molecule has 4 rings (SSSR count). The van der Waals surface area contributed by atoms with Crippen LogP contribution in [0.3, 0.4) is 0 Å². The predicted molar refractivity (Wildman–Crippen MR) is 108 cm³/mol. The van der Waals surface area contributed by atoms with Crippen LogP contribution in [0.15, 0.2) is 47.8 Å². The van der Waals surface area contributed by atoms with E-state index < -0.39 is 0 Å². The quantitative estimate of drug-likeness (QED) is 0.730. The van der Waals surface area contributed by atoms with Gasteiger partial charge in [0, 0.05) is 18.5 Å². The zero-order valence-electron chi connectivity index (χ0n) is 15.4. The summed E-state index contributed by atoms with van der Waals surface area (Å²) in [5, 5.41) is 5.76. The summed E-state index contributed by atoms with van der Waals surface area (Å²) >= 11 is 1.42. The Morgan fingerprint density at radius 1 is 1.22 bits per heavy atom. The molecule has 0 aliphatic carbocycles. The molecule has 0 unspecified atom stereocenters. The van der Waals surface area contributed by atoms with E-state index in [1.165, 1.54) is 22.5 Å². The average Bonchev–Trinajstić information content (AvgIpc) is 3.15. The minimum absolute atomic E-state index is 0.0231. The van der Waals surface area contributed by atoms with Crippen LogP contribution in [-0.4, -0.2) is 29.4 Å². The van der Waals surface area contributed by atoms with Gasteiger partial charge in [0.1, 0.15) is 11.4 Å². The number of nitrogens with one attached hydrogen (secondary N) is 1. The van der Waals surface area contributed by atoms with Gasteiger partial charge in [0.2, 0.25) is 0 Å². The SMILES string of the molecule is COc1ccc(C)cc1Nc1nc(C(=O)N2CCc3ccccc3C2)cs1. The van der Waals surface area contributed by atoms with Crippen LogP contribution >= 0.6 is 11.3 Å². The Kier molecular flexibility index (Phi) is 4.81. The summed E-state index contributed by atoms with van der Waals surface area (Å²) in [5.74, 6) is 0.723. The highest BCUT2D eigenvalue weighted by Gasteiger charge is 2.23. The van der Waals surface area contributed by atoms with Crippen molar-refractivity contribution in [3.05, 3.63) is 70.2 Å². The molecule has 0 bridgehead atoms. The molecule has 6 heteroatoms. The number of aryl methyl sites for hydroxylation is 1. The number of carbonyl (C=O) groups excluding carboxylic acids is 1. The molecular weight excluding hydrogens is 358 g/mol. The number of rotatable bonds is 4. The van der Waals surface area contributed by atoms with Gasteiger partial charge in [-0.05, 0) is 42.2 Å². The molecule has 0 saturated heterocycles. The number of ether oxygens (including phenoxy) is 1. The predicted octanol–water partition coefficient (Wildman–Crippen LogP) is 4.40. The zero-order chi connectivity index (χ0) is 18.8. The lowest BCUT2D eigenvalue weighted by Crippen LogP contribution is -2.36. The Morgan fingerprint density at radius 2 is 2.04 bits per heavy atom. The van der Waals surface area contributed by atoms with E-state index in [-0.39, 0.29) is 5.91 Å². The Morgan fingerprint density at radius 3 is 2.85 bits per heavy atom. The minimum atomic E-state index is -0.0231. The van der Waals surface area contributed by atoms with Crippen LogP contribution in [0.5, 0.6) is 5.75 Å². The lowest BCUT2D eigenvalue weighted by molar-refractivity contribution is 0.0729.